The Balaban J connectivity index is 0.000000167. The Bertz CT molecular complexity index is 38.1. The minimum Gasteiger partial charge on any atom is -0.0533 e. The molecule has 0 aliphatic heterocycles. The summed E-state index contributed by atoms with van der Waals surface area (Å²) in [5.74, 6) is 0. The molecular weight excluding hydrogens is 211 g/mol. The van der Waals surface area contributed by atoms with Gasteiger partial charge in [-0.3, -0.25) is 0 Å². The van der Waals surface area contributed by atoms with Crippen LogP contribution in [0.5, 0.6) is 0 Å². The molecule has 2 radical (unpaired) electrons. The second-order valence-electron chi connectivity index (χ2n) is 3.17. The number of hydrogen-bond acceptors (Lipinski definition) is 0. The monoisotopic (exact) mass is 228 g/mol. The minimum atomic E-state index is 0. The number of hydrogen-bond donors (Lipinski definition) is 0. The zero-order valence-electron chi connectivity index (χ0n) is 7.31. The molecule has 2 aliphatic carbocycles. The molecule has 2 rings (SSSR count). The van der Waals surface area contributed by atoms with E-state index in [0.29, 0.717) is 0 Å². The molecule has 0 atom stereocenters. The summed E-state index contributed by atoms with van der Waals surface area (Å²) < 4.78 is 0. The topological polar surface area (TPSA) is 0 Å². The fraction of sp³-hybridized carbons (Fsp3) is 0.800. The molecule has 0 spiro atoms. The maximum atomic E-state index is 2.24. The van der Waals surface area contributed by atoms with Gasteiger partial charge < -0.3 is 0 Å². The quantitative estimate of drug-likeness (QED) is 0.596. The van der Waals surface area contributed by atoms with Crippen LogP contribution in [0.4, 0.5) is 0 Å². The standard InChI is InChI=1S/C5H10.C5H8.Zr/c2*1-2-4-5-3-1;/h1-5H2;1-2H,3-5H2;. The molecule has 0 bridgehead atoms. The normalized spacial score (nSPS) is 21.8. The van der Waals surface area contributed by atoms with E-state index in [1.165, 1.54) is 51.4 Å². The first-order valence-electron chi connectivity index (χ1n) is 4.65. The summed E-state index contributed by atoms with van der Waals surface area (Å²) >= 11 is 0. The van der Waals surface area contributed by atoms with E-state index in [-0.39, 0.29) is 26.2 Å². The molecule has 0 aromatic heterocycles. The first-order valence-corrected chi connectivity index (χ1v) is 4.65. The van der Waals surface area contributed by atoms with Gasteiger partial charge in [-0.05, 0) is 25.7 Å². The Hall–Kier alpha value is 0.883. The van der Waals surface area contributed by atoms with E-state index in [0.717, 1.165) is 0 Å². The summed E-state index contributed by atoms with van der Waals surface area (Å²) in [7, 11) is 0. The summed E-state index contributed by atoms with van der Waals surface area (Å²) in [6.07, 6.45) is 16.0. The van der Waals surface area contributed by atoms with Gasteiger partial charge in [0, 0.05) is 26.2 Å². The van der Waals surface area contributed by atoms with Crippen LogP contribution in [0.3, 0.4) is 0 Å². The van der Waals surface area contributed by atoms with E-state index >= 15 is 0 Å². The van der Waals surface area contributed by atoms with Gasteiger partial charge in [0.25, 0.3) is 0 Å². The molecule has 0 aromatic rings. The van der Waals surface area contributed by atoms with Crippen LogP contribution < -0.4 is 0 Å². The first kappa shape index (κ1) is 11.9. The Morgan fingerprint density at radius 2 is 0.909 bits per heavy atom. The van der Waals surface area contributed by atoms with Gasteiger partial charge in [-0.25, -0.2) is 0 Å². The van der Waals surface area contributed by atoms with Gasteiger partial charge in [-0.2, -0.15) is 0 Å². The molecule has 0 N–H and O–H groups in total. The molecular formula is C10H18Zr. The smallest absolute Gasteiger partial charge is 0 e. The van der Waals surface area contributed by atoms with E-state index in [4.69, 9.17) is 0 Å². The van der Waals surface area contributed by atoms with Crippen molar-refractivity contribution in [2.45, 2.75) is 51.4 Å². The van der Waals surface area contributed by atoms with Crippen LogP contribution in [0.25, 0.3) is 0 Å². The molecule has 1 heteroatoms. The average Bonchev–Trinajstić information content (AvgIpc) is 2.67. The van der Waals surface area contributed by atoms with Gasteiger partial charge >= 0.3 is 0 Å². The number of rotatable bonds is 0. The van der Waals surface area contributed by atoms with Crippen molar-refractivity contribution in [2.75, 3.05) is 0 Å². The SMILES string of the molecule is C1CCCC1.[CH]1[CH]CCC1.[Zr]. The van der Waals surface area contributed by atoms with Crippen molar-refractivity contribution >= 4 is 0 Å². The van der Waals surface area contributed by atoms with Crippen molar-refractivity contribution in [2.24, 2.45) is 0 Å². The van der Waals surface area contributed by atoms with Crippen molar-refractivity contribution in [1.29, 1.82) is 0 Å². The Kier molecular flexibility index (Phi) is 9.70. The van der Waals surface area contributed by atoms with Crippen molar-refractivity contribution in [3.05, 3.63) is 12.8 Å². The maximum Gasteiger partial charge on any atom is 0 e. The molecule has 2 aliphatic rings. The van der Waals surface area contributed by atoms with E-state index in [1.54, 1.807) is 0 Å². The van der Waals surface area contributed by atoms with Gasteiger partial charge in [0.15, 0.2) is 0 Å². The van der Waals surface area contributed by atoms with Crippen molar-refractivity contribution < 1.29 is 26.2 Å². The molecule has 62 valence electrons. The van der Waals surface area contributed by atoms with Gasteiger partial charge in [0.05, 0.1) is 0 Å². The Morgan fingerprint density at radius 1 is 0.545 bits per heavy atom. The van der Waals surface area contributed by atoms with Crippen molar-refractivity contribution in [3.8, 4) is 0 Å². The molecule has 0 heterocycles. The van der Waals surface area contributed by atoms with Crippen LogP contribution in [-0.4, -0.2) is 0 Å². The second kappa shape index (κ2) is 8.98. The average molecular weight is 229 g/mol. The van der Waals surface area contributed by atoms with E-state index in [2.05, 4.69) is 12.8 Å². The molecule has 0 amide bonds. The van der Waals surface area contributed by atoms with Crippen LogP contribution in [0, 0.1) is 12.8 Å². The van der Waals surface area contributed by atoms with Crippen LogP contribution in [0.15, 0.2) is 0 Å². The summed E-state index contributed by atoms with van der Waals surface area (Å²) in [4.78, 5) is 0. The van der Waals surface area contributed by atoms with Gasteiger partial charge in [0.1, 0.15) is 0 Å². The van der Waals surface area contributed by atoms with E-state index in [9.17, 15) is 0 Å². The van der Waals surface area contributed by atoms with Crippen LogP contribution in [0.2, 0.25) is 0 Å². The van der Waals surface area contributed by atoms with Crippen molar-refractivity contribution in [1.82, 2.24) is 0 Å². The minimum absolute atomic E-state index is 0. The molecule has 0 unspecified atom stereocenters. The third kappa shape index (κ3) is 7.25. The van der Waals surface area contributed by atoms with Crippen LogP contribution >= 0.6 is 0 Å². The first-order chi connectivity index (χ1) is 5.00. The fourth-order valence-electron chi connectivity index (χ4n) is 1.47. The summed E-state index contributed by atoms with van der Waals surface area (Å²) in [6.45, 7) is 0. The third-order valence-electron chi connectivity index (χ3n) is 2.16. The Labute approximate surface area is 90.3 Å². The van der Waals surface area contributed by atoms with Gasteiger partial charge in [-0.15, -0.1) is 0 Å². The third-order valence-corrected chi connectivity index (χ3v) is 2.16. The molecule has 2 fully saturated rings. The second-order valence-corrected chi connectivity index (χ2v) is 3.17. The molecule has 0 saturated heterocycles. The molecule has 11 heavy (non-hydrogen) atoms. The van der Waals surface area contributed by atoms with Gasteiger partial charge in [0.2, 0.25) is 0 Å². The predicted octanol–water partition coefficient (Wildman–Crippen LogP) is 3.53. The summed E-state index contributed by atoms with van der Waals surface area (Å²) in [6, 6.07) is 0. The van der Waals surface area contributed by atoms with E-state index in [1.807, 2.05) is 0 Å². The van der Waals surface area contributed by atoms with Crippen molar-refractivity contribution in [3.63, 3.8) is 0 Å². The molecule has 2 saturated carbocycles. The molecule has 0 aromatic carbocycles. The zero-order valence-corrected chi connectivity index (χ0v) is 9.77. The predicted molar refractivity (Wildman–Crippen MR) is 45.5 cm³/mol. The summed E-state index contributed by atoms with van der Waals surface area (Å²) in [5.41, 5.74) is 0. The Morgan fingerprint density at radius 3 is 1.09 bits per heavy atom. The summed E-state index contributed by atoms with van der Waals surface area (Å²) in [5, 5.41) is 0. The molecule has 0 nitrogen and oxygen atoms in total. The maximum absolute atomic E-state index is 2.24. The zero-order chi connectivity index (χ0) is 7.07. The fourth-order valence-corrected chi connectivity index (χ4v) is 1.47. The van der Waals surface area contributed by atoms with Gasteiger partial charge in [-0.1, -0.05) is 38.5 Å². The van der Waals surface area contributed by atoms with Crippen LogP contribution in [-0.2, 0) is 26.2 Å². The van der Waals surface area contributed by atoms with E-state index < -0.39 is 0 Å². The largest absolute Gasteiger partial charge is 0.0533 e. The van der Waals surface area contributed by atoms with Crippen LogP contribution in [0.1, 0.15) is 51.4 Å².